The predicted octanol–water partition coefficient (Wildman–Crippen LogP) is 4.82. The van der Waals surface area contributed by atoms with Gasteiger partial charge in [-0.1, -0.05) is 54.6 Å². The van der Waals surface area contributed by atoms with Crippen LogP contribution < -0.4 is 0 Å². The number of rotatable bonds is 4. The van der Waals surface area contributed by atoms with Crippen LogP contribution in [0.1, 0.15) is 35.6 Å². The van der Waals surface area contributed by atoms with Crippen LogP contribution in [0, 0.1) is 0 Å². The van der Waals surface area contributed by atoms with Crippen molar-refractivity contribution in [1.82, 2.24) is 4.90 Å². The fourth-order valence-corrected chi connectivity index (χ4v) is 3.10. The van der Waals surface area contributed by atoms with Gasteiger partial charge in [-0.2, -0.15) is 0 Å². The standard InChI is InChI=1S/C20H23N.C3H8O/c1-21(2)15-7-12-20-18-10-5-3-8-16(18)13-14-17-9-4-6-11-19(17)20;1-3-4-2/h3-6,8-12H,7,13-15H2,1-2H3;3H2,1-2H3. The van der Waals surface area contributed by atoms with E-state index >= 15 is 0 Å². The zero-order chi connectivity index (χ0) is 18.1. The van der Waals surface area contributed by atoms with Crippen molar-refractivity contribution in [1.29, 1.82) is 0 Å². The highest BCUT2D eigenvalue weighted by atomic mass is 16.5. The van der Waals surface area contributed by atoms with Crippen LogP contribution in [0.4, 0.5) is 0 Å². The van der Waals surface area contributed by atoms with Crippen LogP contribution in [-0.2, 0) is 17.6 Å². The minimum Gasteiger partial charge on any atom is -0.385 e. The van der Waals surface area contributed by atoms with Gasteiger partial charge in [-0.15, -0.1) is 0 Å². The number of aryl methyl sites for hydroxylation is 2. The third-order valence-corrected chi connectivity index (χ3v) is 4.49. The van der Waals surface area contributed by atoms with Gasteiger partial charge in [0.05, 0.1) is 0 Å². The number of hydrogen-bond donors (Lipinski definition) is 0. The lowest BCUT2D eigenvalue weighted by molar-refractivity contribution is 0.215. The first-order valence-electron chi connectivity index (χ1n) is 9.17. The Morgan fingerprint density at radius 1 is 0.920 bits per heavy atom. The molecule has 0 aromatic heterocycles. The fraction of sp³-hybridized carbons (Fsp3) is 0.391. The van der Waals surface area contributed by atoms with Gasteiger partial charge in [-0.25, -0.2) is 0 Å². The van der Waals surface area contributed by atoms with Crippen molar-refractivity contribution in [2.45, 2.75) is 26.2 Å². The molecule has 0 radical (unpaired) electrons. The topological polar surface area (TPSA) is 12.5 Å². The van der Waals surface area contributed by atoms with Crippen molar-refractivity contribution in [2.24, 2.45) is 0 Å². The summed E-state index contributed by atoms with van der Waals surface area (Å²) in [6.45, 7) is 3.87. The summed E-state index contributed by atoms with van der Waals surface area (Å²) in [5.41, 5.74) is 7.21. The Bertz CT molecular complexity index is 636. The molecule has 0 unspecified atom stereocenters. The maximum Gasteiger partial charge on any atom is 0.0433 e. The monoisotopic (exact) mass is 337 g/mol. The van der Waals surface area contributed by atoms with Crippen LogP contribution in [0.3, 0.4) is 0 Å². The highest BCUT2D eigenvalue weighted by molar-refractivity contribution is 5.83. The largest absolute Gasteiger partial charge is 0.385 e. The Labute approximate surface area is 153 Å². The summed E-state index contributed by atoms with van der Waals surface area (Å²) in [5.74, 6) is 0. The third kappa shape index (κ3) is 5.55. The zero-order valence-corrected chi connectivity index (χ0v) is 16.1. The zero-order valence-electron chi connectivity index (χ0n) is 16.1. The maximum absolute atomic E-state index is 4.54. The van der Waals surface area contributed by atoms with Crippen LogP contribution in [-0.4, -0.2) is 39.3 Å². The molecular weight excluding hydrogens is 306 g/mol. The molecule has 0 N–H and O–H groups in total. The van der Waals surface area contributed by atoms with Crippen LogP contribution >= 0.6 is 0 Å². The molecule has 3 rings (SSSR count). The normalized spacial score (nSPS) is 12.6. The number of ether oxygens (including phenoxy) is 1. The molecule has 2 heteroatoms. The van der Waals surface area contributed by atoms with Gasteiger partial charge in [0, 0.05) is 20.3 Å². The molecule has 0 saturated heterocycles. The van der Waals surface area contributed by atoms with E-state index in [4.69, 9.17) is 0 Å². The molecule has 2 aromatic rings. The van der Waals surface area contributed by atoms with Crippen molar-refractivity contribution >= 4 is 5.57 Å². The Kier molecular flexibility index (Phi) is 7.90. The molecule has 134 valence electrons. The average Bonchev–Trinajstić information content (AvgIpc) is 2.79. The van der Waals surface area contributed by atoms with E-state index in [1.807, 2.05) is 6.92 Å². The molecule has 0 amide bonds. The average molecular weight is 338 g/mol. The fourth-order valence-electron chi connectivity index (χ4n) is 3.10. The van der Waals surface area contributed by atoms with Gasteiger partial charge in [0.15, 0.2) is 0 Å². The van der Waals surface area contributed by atoms with Crippen LogP contribution in [0.5, 0.6) is 0 Å². The smallest absolute Gasteiger partial charge is 0.0433 e. The number of fused-ring (bicyclic) bond motifs is 2. The van der Waals surface area contributed by atoms with E-state index < -0.39 is 0 Å². The second-order valence-corrected chi connectivity index (χ2v) is 6.60. The second-order valence-electron chi connectivity index (χ2n) is 6.60. The van der Waals surface area contributed by atoms with Gasteiger partial charge in [0.1, 0.15) is 0 Å². The molecule has 0 saturated carbocycles. The molecule has 25 heavy (non-hydrogen) atoms. The molecule has 0 atom stereocenters. The van der Waals surface area contributed by atoms with Gasteiger partial charge in [-0.05, 0) is 68.1 Å². The minimum absolute atomic E-state index is 0.819. The Morgan fingerprint density at radius 3 is 1.84 bits per heavy atom. The quantitative estimate of drug-likeness (QED) is 0.793. The van der Waals surface area contributed by atoms with Gasteiger partial charge < -0.3 is 9.64 Å². The summed E-state index contributed by atoms with van der Waals surface area (Å²) in [4.78, 5) is 2.24. The van der Waals surface area contributed by atoms with Crippen molar-refractivity contribution in [3.63, 3.8) is 0 Å². The summed E-state index contributed by atoms with van der Waals surface area (Å²) in [6.07, 6.45) is 5.78. The van der Waals surface area contributed by atoms with E-state index in [-0.39, 0.29) is 0 Å². The van der Waals surface area contributed by atoms with Crippen LogP contribution in [0.25, 0.3) is 5.57 Å². The van der Waals surface area contributed by atoms with Gasteiger partial charge >= 0.3 is 0 Å². The van der Waals surface area contributed by atoms with E-state index in [2.05, 4.69) is 78.3 Å². The summed E-state index contributed by atoms with van der Waals surface area (Å²) >= 11 is 0. The number of nitrogens with zero attached hydrogens (tertiary/aromatic N) is 1. The van der Waals surface area contributed by atoms with E-state index in [1.54, 1.807) is 7.11 Å². The summed E-state index contributed by atoms with van der Waals surface area (Å²) in [6, 6.07) is 17.7. The lowest BCUT2D eigenvalue weighted by Crippen LogP contribution is -2.12. The van der Waals surface area contributed by atoms with E-state index in [1.165, 1.54) is 27.8 Å². The molecule has 0 fully saturated rings. The molecule has 1 aliphatic rings. The number of benzene rings is 2. The van der Waals surface area contributed by atoms with Crippen molar-refractivity contribution in [3.05, 3.63) is 76.9 Å². The molecule has 0 bridgehead atoms. The Balaban J connectivity index is 0.000000511. The number of methoxy groups -OCH3 is 1. The van der Waals surface area contributed by atoms with Crippen LogP contribution in [0.2, 0.25) is 0 Å². The Hall–Kier alpha value is -1.90. The lowest BCUT2D eigenvalue weighted by atomic mass is 9.93. The van der Waals surface area contributed by atoms with Gasteiger partial charge in [-0.3, -0.25) is 0 Å². The van der Waals surface area contributed by atoms with Crippen molar-refractivity contribution in [2.75, 3.05) is 34.4 Å². The maximum atomic E-state index is 4.54. The van der Waals surface area contributed by atoms with Crippen LogP contribution in [0.15, 0.2) is 54.6 Å². The Morgan fingerprint density at radius 2 is 1.40 bits per heavy atom. The molecule has 0 aliphatic heterocycles. The second kappa shape index (κ2) is 10.2. The highest BCUT2D eigenvalue weighted by Gasteiger charge is 2.16. The van der Waals surface area contributed by atoms with Crippen molar-refractivity contribution < 1.29 is 4.74 Å². The van der Waals surface area contributed by atoms with E-state index in [0.717, 1.165) is 32.4 Å². The van der Waals surface area contributed by atoms with Gasteiger partial charge in [0.25, 0.3) is 0 Å². The molecule has 2 nitrogen and oxygen atoms in total. The first-order chi connectivity index (χ1) is 12.2. The molecular formula is C23H31NO. The SMILES string of the molecule is CCOC.CN(C)CCC=C1c2ccccc2CCc2ccccc21. The summed E-state index contributed by atoms with van der Waals surface area (Å²) < 4.78 is 4.54. The summed E-state index contributed by atoms with van der Waals surface area (Å²) in [7, 11) is 5.95. The third-order valence-electron chi connectivity index (χ3n) is 4.49. The highest BCUT2D eigenvalue weighted by Crippen LogP contribution is 2.33. The molecule has 0 heterocycles. The summed E-state index contributed by atoms with van der Waals surface area (Å²) in [5, 5.41) is 0. The van der Waals surface area contributed by atoms with Gasteiger partial charge in [0.2, 0.25) is 0 Å². The first-order valence-corrected chi connectivity index (χ1v) is 9.17. The minimum atomic E-state index is 0.819. The predicted molar refractivity (Wildman–Crippen MR) is 108 cm³/mol. The van der Waals surface area contributed by atoms with Crippen molar-refractivity contribution in [3.8, 4) is 0 Å². The molecule has 0 spiro atoms. The molecule has 1 aliphatic carbocycles. The lowest BCUT2D eigenvalue weighted by Gasteiger charge is -2.13. The van der Waals surface area contributed by atoms with E-state index in [0.29, 0.717) is 0 Å². The molecule has 2 aromatic carbocycles. The first kappa shape index (κ1) is 19.4. The van der Waals surface area contributed by atoms with E-state index in [9.17, 15) is 0 Å². The number of hydrogen-bond acceptors (Lipinski definition) is 2.